The molecule has 9 heteroatoms. The third-order valence-electron chi connectivity index (χ3n) is 5.33. The number of anilines is 1. The molecule has 4 rings (SSSR count). The second-order valence-electron chi connectivity index (χ2n) is 7.52. The van der Waals surface area contributed by atoms with Crippen molar-refractivity contribution < 1.29 is 66.0 Å². The van der Waals surface area contributed by atoms with Gasteiger partial charge in [0.2, 0.25) is 0 Å². The van der Waals surface area contributed by atoms with E-state index in [-0.39, 0.29) is 63.9 Å². The van der Waals surface area contributed by atoms with Crippen molar-refractivity contribution in [1.82, 2.24) is 14.5 Å². The van der Waals surface area contributed by atoms with E-state index in [0.29, 0.717) is 0 Å². The van der Waals surface area contributed by atoms with Gasteiger partial charge in [0.05, 0.1) is 0 Å². The molecule has 0 fully saturated rings. The molecule has 1 aromatic carbocycles. The number of hydrogen-bond acceptors (Lipinski definition) is 4. The van der Waals surface area contributed by atoms with E-state index in [4.69, 9.17) is 0 Å². The van der Waals surface area contributed by atoms with Crippen LogP contribution in [-0.4, -0.2) is 24.2 Å². The molecule has 2 aliphatic rings. The Bertz CT molecular complexity index is 988. The van der Waals surface area contributed by atoms with E-state index in [1.54, 1.807) is 10.9 Å². The first-order valence-corrected chi connectivity index (χ1v) is 10.9. The number of carbonyl (C=O) groups is 1. The minimum Gasteiger partial charge on any atom is -1.00 e. The third-order valence-corrected chi connectivity index (χ3v) is 6.55. The molecule has 7 nitrogen and oxygen atoms in total. The molecular formula is C19H25KN4O3S. The zero-order valence-corrected chi connectivity index (χ0v) is 20.5. The first kappa shape index (κ1) is 22.0. The van der Waals surface area contributed by atoms with Crippen molar-refractivity contribution in [1.29, 1.82) is 0 Å². The standard InChI is InChI=1S/C19H24N4O3S.K.H/c1-12(2)23-10-9-17(21-23)27(25,26)22-19(24)20-18-15-7-3-5-13(15)11-14-6-4-8-16(14)18;;/h9-12H,3-8H2,1-2H3,(H2,20,22,24);;/q;+1;-1. The van der Waals surface area contributed by atoms with Crippen LogP contribution in [0.1, 0.15) is 56.4 Å². The molecule has 0 saturated heterocycles. The first-order valence-electron chi connectivity index (χ1n) is 9.40. The number of nitrogens with zero attached hydrogens (tertiary/aromatic N) is 2. The number of amides is 2. The number of aromatic nitrogens is 2. The van der Waals surface area contributed by atoms with Crippen LogP contribution in [0.5, 0.6) is 0 Å². The monoisotopic (exact) mass is 428 g/mol. The smallest absolute Gasteiger partial charge is 1.00 e. The first-order chi connectivity index (χ1) is 12.8. The quantitative estimate of drug-likeness (QED) is 0.674. The van der Waals surface area contributed by atoms with E-state index < -0.39 is 16.1 Å². The average Bonchev–Trinajstić information content (AvgIpc) is 3.34. The summed E-state index contributed by atoms with van der Waals surface area (Å²) in [4.78, 5) is 12.5. The predicted molar refractivity (Wildman–Crippen MR) is 104 cm³/mol. The Morgan fingerprint density at radius 1 is 1.14 bits per heavy atom. The minimum absolute atomic E-state index is 0. The molecule has 1 heterocycles. The van der Waals surface area contributed by atoms with Gasteiger partial charge < -0.3 is 6.74 Å². The van der Waals surface area contributed by atoms with Gasteiger partial charge in [-0.15, -0.1) is 0 Å². The van der Waals surface area contributed by atoms with Crippen molar-refractivity contribution in [3.8, 4) is 0 Å². The molecule has 0 radical (unpaired) electrons. The maximum atomic E-state index is 12.5. The number of aryl methyl sites for hydroxylation is 2. The van der Waals surface area contributed by atoms with Gasteiger partial charge in [-0.25, -0.2) is 9.52 Å². The maximum Gasteiger partial charge on any atom is 1.00 e. The van der Waals surface area contributed by atoms with Crippen molar-refractivity contribution in [3.63, 3.8) is 0 Å². The molecule has 0 bridgehead atoms. The van der Waals surface area contributed by atoms with Crippen molar-refractivity contribution in [3.05, 3.63) is 40.6 Å². The van der Waals surface area contributed by atoms with Gasteiger partial charge in [0.25, 0.3) is 10.0 Å². The van der Waals surface area contributed by atoms with E-state index in [1.807, 2.05) is 13.8 Å². The largest absolute Gasteiger partial charge is 1.00 e. The van der Waals surface area contributed by atoms with Gasteiger partial charge in [-0.2, -0.15) is 13.5 Å². The molecule has 0 spiro atoms. The number of nitrogens with one attached hydrogen (secondary N) is 2. The Hall–Kier alpha value is -0.714. The van der Waals surface area contributed by atoms with Crippen molar-refractivity contribution in [2.75, 3.05) is 5.32 Å². The van der Waals surface area contributed by atoms with E-state index in [2.05, 4.69) is 21.2 Å². The fourth-order valence-corrected chi connectivity index (χ4v) is 4.87. The fourth-order valence-electron chi connectivity index (χ4n) is 4.03. The summed E-state index contributed by atoms with van der Waals surface area (Å²) >= 11 is 0. The van der Waals surface area contributed by atoms with Gasteiger partial charge in [-0.3, -0.25) is 4.68 Å². The SMILES string of the molecule is CC(C)n1ccc(S(=O)(=O)NC(=O)Nc2c3c(cc4c2CCC4)CCC3)n1.[H-].[K+]. The van der Waals surface area contributed by atoms with Crippen LogP contribution in [0.4, 0.5) is 10.5 Å². The summed E-state index contributed by atoms with van der Waals surface area (Å²) in [7, 11) is -4.01. The van der Waals surface area contributed by atoms with Crippen LogP contribution >= 0.6 is 0 Å². The van der Waals surface area contributed by atoms with Gasteiger partial charge in [0.15, 0.2) is 5.03 Å². The Labute approximate surface area is 209 Å². The Balaban J connectivity index is 0.00000150. The minimum atomic E-state index is -4.01. The van der Waals surface area contributed by atoms with Gasteiger partial charge in [-0.1, -0.05) is 6.07 Å². The van der Waals surface area contributed by atoms with Crippen LogP contribution in [-0.2, 0) is 35.7 Å². The van der Waals surface area contributed by atoms with Gasteiger partial charge in [-0.05, 0) is 80.7 Å². The summed E-state index contributed by atoms with van der Waals surface area (Å²) in [6, 6.07) is 2.97. The van der Waals surface area contributed by atoms with Crippen LogP contribution in [0.3, 0.4) is 0 Å². The molecule has 0 aliphatic heterocycles. The molecule has 2 aromatic rings. The number of fused-ring (bicyclic) bond motifs is 2. The fraction of sp³-hybridized carbons (Fsp3) is 0.474. The van der Waals surface area contributed by atoms with E-state index in [9.17, 15) is 13.2 Å². The molecule has 0 saturated carbocycles. The Kier molecular flexibility index (Phi) is 6.73. The average molecular weight is 429 g/mol. The zero-order valence-electron chi connectivity index (χ0n) is 17.6. The normalized spacial score (nSPS) is 15.1. The van der Waals surface area contributed by atoms with E-state index >= 15 is 0 Å². The van der Waals surface area contributed by atoms with Crippen LogP contribution in [0, 0.1) is 0 Å². The summed E-state index contributed by atoms with van der Waals surface area (Å²) in [5, 5.41) is 6.72. The molecular weight excluding hydrogens is 403 g/mol. The molecule has 2 amide bonds. The summed E-state index contributed by atoms with van der Waals surface area (Å²) in [5.41, 5.74) is 5.70. The third kappa shape index (κ3) is 4.24. The predicted octanol–water partition coefficient (Wildman–Crippen LogP) is 0.0683. The summed E-state index contributed by atoms with van der Waals surface area (Å²) in [6.07, 6.45) is 7.61. The van der Waals surface area contributed by atoms with Crippen molar-refractivity contribution in [2.45, 2.75) is 63.4 Å². The molecule has 0 unspecified atom stereocenters. The summed E-state index contributed by atoms with van der Waals surface area (Å²) < 4.78 is 28.6. The van der Waals surface area contributed by atoms with Crippen LogP contribution in [0.15, 0.2) is 23.4 Å². The van der Waals surface area contributed by atoms with Gasteiger partial charge in [0, 0.05) is 17.9 Å². The second-order valence-corrected chi connectivity index (χ2v) is 9.15. The number of sulfonamides is 1. The van der Waals surface area contributed by atoms with Crippen LogP contribution in [0.2, 0.25) is 0 Å². The number of urea groups is 1. The Morgan fingerprint density at radius 2 is 1.75 bits per heavy atom. The number of benzene rings is 1. The second kappa shape index (κ2) is 8.57. The Morgan fingerprint density at radius 3 is 2.29 bits per heavy atom. The number of carbonyl (C=O) groups excluding carboxylic acids is 1. The molecule has 0 atom stereocenters. The molecule has 2 aliphatic carbocycles. The maximum absolute atomic E-state index is 12.5. The van der Waals surface area contributed by atoms with Gasteiger partial charge in [0.1, 0.15) is 0 Å². The van der Waals surface area contributed by atoms with Gasteiger partial charge >= 0.3 is 57.4 Å². The van der Waals surface area contributed by atoms with Crippen LogP contribution < -0.4 is 61.4 Å². The van der Waals surface area contributed by atoms with E-state index in [1.165, 1.54) is 17.2 Å². The number of hydrogen-bond donors (Lipinski definition) is 2. The summed E-state index contributed by atoms with van der Waals surface area (Å²) in [5.74, 6) is 0. The van der Waals surface area contributed by atoms with Crippen molar-refractivity contribution in [2.24, 2.45) is 0 Å². The summed E-state index contributed by atoms with van der Waals surface area (Å²) in [6.45, 7) is 3.81. The van der Waals surface area contributed by atoms with Crippen molar-refractivity contribution >= 4 is 21.7 Å². The molecule has 28 heavy (non-hydrogen) atoms. The molecule has 2 N–H and O–H groups in total. The zero-order chi connectivity index (χ0) is 19.2. The molecule has 146 valence electrons. The van der Waals surface area contributed by atoms with E-state index in [0.717, 1.165) is 55.3 Å². The van der Waals surface area contributed by atoms with Crippen LogP contribution in [0.25, 0.3) is 0 Å². The topological polar surface area (TPSA) is 93.1 Å². The number of rotatable bonds is 4. The molecule has 1 aromatic heterocycles.